The first kappa shape index (κ1) is 52.5. The van der Waals surface area contributed by atoms with E-state index in [0.717, 1.165) is 5.56 Å². The number of hydrogen-bond acceptors (Lipinski definition) is 10. The van der Waals surface area contributed by atoms with Crippen LogP contribution in [-0.2, 0) is 49.5 Å². The van der Waals surface area contributed by atoms with Crippen molar-refractivity contribution in [2.24, 2.45) is 29.4 Å². The van der Waals surface area contributed by atoms with E-state index in [0.29, 0.717) is 25.8 Å². The highest BCUT2D eigenvalue weighted by molar-refractivity contribution is 5.94. The van der Waals surface area contributed by atoms with E-state index < -0.39 is 89.9 Å². The number of carboxylic acids is 1. The molecule has 344 valence electrons. The molecule has 17 nitrogen and oxygen atoms in total. The third-order valence-corrected chi connectivity index (χ3v) is 12.0. The summed E-state index contributed by atoms with van der Waals surface area (Å²) in [5.74, 6) is -5.51. The molecule has 1 aliphatic heterocycles. The van der Waals surface area contributed by atoms with Crippen LogP contribution in [-0.4, -0.2) is 151 Å². The van der Waals surface area contributed by atoms with Gasteiger partial charge in [-0.2, -0.15) is 0 Å². The third kappa shape index (κ3) is 14.2. The zero-order valence-corrected chi connectivity index (χ0v) is 38.3. The van der Waals surface area contributed by atoms with E-state index in [1.54, 1.807) is 61.9 Å². The van der Waals surface area contributed by atoms with Crippen molar-refractivity contribution in [3.8, 4) is 0 Å². The van der Waals surface area contributed by atoms with Crippen molar-refractivity contribution in [2.45, 2.75) is 136 Å². The zero-order chi connectivity index (χ0) is 46.3. The van der Waals surface area contributed by atoms with Crippen molar-refractivity contribution in [1.29, 1.82) is 0 Å². The smallest absolute Gasteiger partial charge is 0.326 e. The molecule has 1 fully saturated rings. The lowest BCUT2D eigenvalue weighted by Crippen LogP contribution is -2.61. The number of aliphatic carboxylic acids is 1. The number of methoxy groups -OCH3 is 2. The van der Waals surface area contributed by atoms with Crippen LogP contribution in [0.15, 0.2) is 30.3 Å². The lowest BCUT2D eigenvalue weighted by atomic mass is 9.89. The van der Waals surface area contributed by atoms with E-state index in [1.165, 1.54) is 33.1 Å². The van der Waals surface area contributed by atoms with Gasteiger partial charge in [0.2, 0.25) is 35.4 Å². The Morgan fingerprint density at radius 3 is 1.98 bits per heavy atom. The number of rotatable bonds is 24. The van der Waals surface area contributed by atoms with Crippen molar-refractivity contribution in [3.63, 3.8) is 0 Å². The molecule has 1 aromatic carbocycles. The number of nitrogens with zero attached hydrogens (tertiary/aromatic N) is 3. The number of carbonyl (C=O) groups excluding carboxylic acids is 6. The van der Waals surface area contributed by atoms with E-state index in [9.17, 15) is 38.7 Å². The predicted molar refractivity (Wildman–Crippen MR) is 231 cm³/mol. The van der Waals surface area contributed by atoms with Gasteiger partial charge < -0.3 is 51.0 Å². The summed E-state index contributed by atoms with van der Waals surface area (Å²) in [7, 11) is 6.07. The van der Waals surface area contributed by atoms with Crippen LogP contribution in [0.3, 0.4) is 0 Å². The Hall–Kier alpha value is -4.61. The van der Waals surface area contributed by atoms with Gasteiger partial charge in [-0.05, 0) is 43.1 Å². The molecule has 1 saturated heterocycles. The summed E-state index contributed by atoms with van der Waals surface area (Å²) in [4.78, 5) is 98.0. The maximum Gasteiger partial charge on any atom is 0.326 e. The summed E-state index contributed by atoms with van der Waals surface area (Å²) >= 11 is 0. The first-order chi connectivity index (χ1) is 28.7. The Bertz CT molecular complexity index is 1630. The molecule has 0 aliphatic carbocycles. The quantitative estimate of drug-likeness (QED) is 0.101. The van der Waals surface area contributed by atoms with Crippen LogP contribution in [0.25, 0.3) is 0 Å². The Morgan fingerprint density at radius 2 is 1.48 bits per heavy atom. The molecule has 10 atom stereocenters. The number of carbonyl (C=O) groups is 7. The van der Waals surface area contributed by atoms with Crippen molar-refractivity contribution in [3.05, 3.63) is 35.9 Å². The molecule has 0 aromatic heterocycles. The number of ether oxygens (including phenoxy) is 2. The molecule has 6 N–H and O–H groups in total. The minimum Gasteiger partial charge on any atom is -0.480 e. The molecule has 1 heterocycles. The average molecular weight is 860 g/mol. The fourth-order valence-electron chi connectivity index (χ4n) is 8.36. The first-order valence-corrected chi connectivity index (χ1v) is 21.4. The molecule has 0 radical (unpaired) electrons. The highest BCUT2D eigenvalue weighted by Gasteiger charge is 2.44. The summed E-state index contributed by atoms with van der Waals surface area (Å²) in [5.41, 5.74) is 6.16. The summed E-state index contributed by atoms with van der Waals surface area (Å²) < 4.78 is 11.9. The van der Waals surface area contributed by atoms with E-state index >= 15 is 0 Å². The number of nitrogens with two attached hydrogens (primary N) is 1. The summed E-state index contributed by atoms with van der Waals surface area (Å²) in [6.07, 6.45) is 0.392. The van der Waals surface area contributed by atoms with Crippen LogP contribution in [0.2, 0.25) is 0 Å². The molecular weight excluding hydrogens is 787 g/mol. The second-order valence-electron chi connectivity index (χ2n) is 17.0. The Labute approximate surface area is 362 Å². The fraction of sp³-hybridized carbons (Fsp3) is 0.705. The van der Waals surface area contributed by atoms with E-state index in [1.807, 2.05) is 33.8 Å². The van der Waals surface area contributed by atoms with Crippen LogP contribution >= 0.6 is 0 Å². The van der Waals surface area contributed by atoms with Gasteiger partial charge >= 0.3 is 5.97 Å². The topological polar surface area (TPSA) is 230 Å². The van der Waals surface area contributed by atoms with Gasteiger partial charge in [-0.15, -0.1) is 0 Å². The molecule has 61 heavy (non-hydrogen) atoms. The largest absolute Gasteiger partial charge is 0.480 e. The number of nitrogens with one attached hydrogen (secondary N) is 3. The van der Waals surface area contributed by atoms with E-state index in [4.69, 9.17) is 15.2 Å². The molecule has 0 spiro atoms. The lowest BCUT2D eigenvalue weighted by molar-refractivity contribution is -0.149. The number of benzene rings is 1. The average Bonchev–Trinajstić information content (AvgIpc) is 3.71. The number of hydrogen-bond donors (Lipinski definition) is 5. The van der Waals surface area contributed by atoms with Gasteiger partial charge in [0, 0.05) is 41.3 Å². The molecule has 2 rings (SSSR count). The molecule has 1 aromatic rings. The first-order valence-electron chi connectivity index (χ1n) is 21.4. The van der Waals surface area contributed by atoms with Crippen molar-refractivity contribution < 1.29 is 48.1 Å². The minimum atomic E-state index is -1.16. The molecule has 0 saturated carbocycles. The van der Waals surface area contributed by atoms with Crippen molar-refractivity contribution in [1.82, 2.24) is 30.7 Å². The highest BCUT2D eigenvalue weighted by Crippen LogP contribution is 2.30. The third-order valence-electron chi connectivity index (χ3n) is 12.0. The summed E-state index contributed by atoms with van der Waals surface area (Å²) in [5, 5.41) is 18.0. The van der Waals surface area contributed by atoms with Crippen LogP contribution in [0.5, 0.6) is 0 Å². The standard InChI is InChI=1S/C44H73N7O10/c1-13-27(6)38(50(10)43(57)36(25(2)3)48-41(55)37(26(4)5)49(9)42(56)29(8)46-34(52)24-45)33(60-11)23-35(53)51-21-17-20-32(51)39(61-12)28(7)40(54)47-31(44(58)59)22-30-18-15-14-16-19-30/h14-16,18-19,25-29,31-33,36-39H,13,17,20-24,45H2,1-12H3,(H,46,52)(H,47,54)(H,48,55)(H,58,59)/t27-,28+,29-,31-,32-,33+,36-,37-,38-,39+/m0/s1. The van der Waals surface area contributed by atoms with Gasteiger partial charge in [-0.25, -0.2) is 4.79 Å². The minimum absolute atomic E-state index is 0.0886. The molecular formula is C44H73N7O10. The Morgan fingerprint density at radius 1 is 0.852 bits per heavy atom. The highest BCUT2D eigenvalue weighted by atomic mass is 16.5. The fourth-order valence-corrected chi connectivity index (χ4v) is 8.36. The van der Waals surface area contributed by atoms with E-state index in [2.05, 4.69) is 16.0 Å². The second kappa shape index (κ2) is 24.7. The normalized spacial score (nSPS) is 18.5. The van der Waals surface area contributed by atoms with Crippen LogP contribution in [0, 0.1) is 23.7 Å². The lowest BCUT2D eigenvalue weighted by Gasteiger charge is -2.41. The monoisotopic (exact) mass is 860 g/mol. The summed E-state index contributed by atoms with van der Waals surface area (Å²) in [6.45, 7) is 14.4. The van der Waals surface area contributed by atoms with Crippen LogP contribution in [0.4, 0.5) is 0 Å². The van der Waals surface area contributed by atoms with Gasteiger partial charge in [-0.3, -0.25) is 28.8 Å². The number of amides is 6. The van der Waals surface area contributed by atoms with E-state index in [-0.39, 0.29) is 43.0 Å². The molecule has 1 aliphatic rings. The van der Waals surface area contributed by atoms with Gasteiger partial charge in [-0.1, -0.05) is 85.2 Å². The number of carboxylic acid groups (broad SMARTS) is 1. The van der Waals surface area contributed by atoms with Gasteiger partial charge in [0.15, 0.2) is 0 Å². The maximum absolute atomic E-state index is 14.5. The second-order valence-corrected chi connectivity index (χ2v) is 17.0. The Balaban J connectivity index is 2.30. The summed E-state index contributed by atoms with van der Waals surface area (Å²) in [6, 6.07) is 3.89. The van der Waals surface area contributed by atoms with Crippen LogP contribution < -0.4 is 21.7 Å². The number of likely N-dealkylation sites (N-methyl/N-ethyl adjacent to an activating group) is 2. The zero-order valence-electron chi connectivity index (χ0n) is 38.3. The maximum atomic E-state index is 14.5. The molecule has 6 amide bonds. The predicted octanol–water partition coefficient (Wildman–Crippen LogP) is 1.81. The van der Waals surface area contributed by atoms with Crippen molar-refractivity contribution in [2.75, 3.05) is 41.4 Å². The van der Waals surface area contributed by atoms with Crippen LogP contribution in [0.1, 0.15) is 86.6 Å². The van der Waals surface area contributed by atoms with Gasteiger partial charge in [0.25, 0.3) is 0 Å². The molecule has 0 unspecified atom stereocenters. The number of likely N-dealkylation sites (tertiary alicyclic amines) is 1. The SMILES string of the molecule is CC[C@H](C)[C@@H]([C@@H](CC(=O)N1CCC[C@H]1[C@H](OC)[C@@H](C)C(=O)N[C@@H](Cc1ccccc1)C(=O)O)OC)N(C)C(=O)[C@@H](NC(=O)[C@H](C(C)C)N(C)C(=O)[C@H](C)NC(=O)CN)C(C)C. The Kier molecular flexibility index (Phi) is 21.3. The van der Waals surface area contributed by atoms with Crippen molar-refractivity contribution >= 4 is 41.4 Å². The van der Waals surface area contributed by atoms with Gasteiger partial charge in [0.05, 0.1) is 43.2 Å². The van der Waals surface area contributed by atoms with Gasteiger partial charge in [0.1, 0.15) is 24.2 Å². The molecule has 17 heteroatoms. The molecule has 0 bridgehead atoms.